The predicted octanol–water partition coefficient (Wildman–Crippen LogP) is 3.79. The van der Waals surface area contributed by atoms with Gasteiger partial charge in [0.1, 0.15) is 0 Å². The lowest BCUT2D eigenvalue weighted by Crippen LogP contribution is -2.45. The van der Waals surface area contributed by atoms with E-state index in [-0.39, 0.29) is 0 Å². The van der Waals surface area contributed by atoms with E-state index in [2.05, 4.69) is 20.2 Å². The van der Waals surface area contributed by atoms with Gasteiger partial charge < -0.3 is 0 Å². The third-order valence-electron chi connectivity index (χ3n) is 4.20. The number of piperazine rings is 1. The highest BCUT2D eigenvalue weighted by atomic mass is 32.1. The van der Waals surface area contributed by atoms with Crippen molar-refractivity contribution >= 4 is 11.3 Å². The summed E-state index contributed by atoms with van der Waals surface area (Å²) in [6.45, 7) is 7.33. The van der Waals surface area contributed by atoms with E-state index in [0.717, 1.165) is 61.1 Å². The van der Waals surface area contributed by atoms with Crippen LogP contribution in [0.3, 0.4) is 0 Å². The van der Waals surface area contributed by atoms with Crippen LogP contribution in [0.25, 0.3) is 0 Å². The number of nitrogens with zero attached hydrogens (tertiary/aromatic N) is 3. The maximum atomic E-state index is 12.6. The van der Waals surface area contributed by atoms with E-state index in [4.69, 9.17) is 0 Å². The minimum Gasteiger partial charge on any atom is -0.297 e. The van der Waals surface area contributed by atoms with Gasteiger partial charge in [-0.15, -0.1) is 11.3 Å². The number of rotatable bonds is 4. The monoisotopic (exact) mass is 355 g/mol. The fourth-order valence-corrected chi connectivity index (χ4v) is 3.48. The Bertz CT molecular complexity index is 658. The number of halogens is 3. The normalized spacial score (nSPS) is 17.3. The van der Waals surface area contributed by atoms with Crippen molar-refractivity contribution in [2.24, 2.45) is 0 Å². The third-order valence-corrected chi connectivity index (χ3v) is 5.03. The van der Waals surface area contributed by atoms with Gasteiger partial charge in [0.25, 0.3) is 0 Å². The second kappa shape index (κ2) is 7.21. The number of alkyl halides is 3. The standard InChI is InChI=1S/C17H20F3N3S/c1-13-21-16(12-24-13)11-23-8-6-22(7-9-23)10-14-2-4-15(5-3-14)17(18,19)20/h2-5,12H,6-11H2,1H3. The number of thiazole rings is 1. The number of benzene rings is 1. The number of hydrogen-bond acceptors (Lipinski definition) is 4. The summed E-state index contributed by atoms with van der Waals surface area (Å²) in [7, 11) is 0. The summed E-state index contributed by atoms with van der Waals surface area (Å²) < 4.78 is 37.7. The van der Waals surface area contributed by atoms with Crippen molar-refractivity contribution in [2.45, 2.75) is 26.2 Å². The van der Waals surface area contributed by atoms with Gasteiger partial charge in [-0.2, -0.15) is 13.2 Å². The molecule has 1 fully saturated rings. The van der Waals surface area contributed by atoms with Crippen LogP contribution in [0, 0.1) is 6.92 Å². The fourth-order valence-electron chi connectivity index (χ4n) is 2.87. The average Bonchev–Trinajstić information content (AvgIpc) is 2.94. The van der Waals surface area contributed by atoms with Crippen molar-refractivity contribution in [3.8, 4) is 0 Å². The van der Waals surface area contributed by atoms with Crippen LogP contribution in [0.4, 0.5) is 13.2 Å². The molecule has 0 amide bonds. The number of hydrogen-bond donors (Lipinski definition) is 0. The first-order chi connectivity index (χ1) is 11.4. The SMILES string of the molecule is Cc1nc(CN2CCN(Cc3ccc(C(F)(F)F)cc3)CC2)cs1. The van der Waals surface area contributed by atoms with Crippen molar-refractivity contribution in [1.82, 2.24) is 14.8 Å². The Balaban J connectivity index is 1.48. The molecule has 1 aromatic heterocycles. The van der Waals surface area contributed by atoms with Crippen LogP contribution < -0.4 is 0 Å². The van der Waals surface area contributed by atoms with Crippen LogP contribution in [-0.2, 0) is 19.3 Å². The molecule has 0 N–H and O–H groups in total. The highest BCUT2D eigenvalue weighted by molar-refractivity contribution is 7.09. The zero-order valence-electron chi connectivity index (χ0n) is 13.5. The van der Waals surface area contributed by atoms with E-state index in [0.29, 0.717) is 6.54 Å². The van der Waals surface area contributed by atoms with Crippen molar-refractivity contribution in [2.75, 3.05) is 26.2 Å². The molecule has 7 heteroatoms. The van der Waals surface area contributed by atoms with Gasteiger partial charge >= 0.3 is 6.18 Å². The van der Waals surface area contributed by atoms with Gasteiger partial charge in [-0.25, -0.2) is 4.98 Å². The van der Waals surface area contributed by atoms with E-state index < -0.39 is 11.7 Å². The van der Waals surface area contributed by atoms with E-state index >= 15 is 0 Å². The summed E-state index contributed by atoms with van der Waals surface area (Å²) in [6.07, 6.45) is -4.27. The Morgan fingerprint density at radius 1 is 1.00 bits per heavy atom. The lowest BCUT2D eigenvalue weighted by molar-refractivity contribution is -0.137. The van der Waals surface area contributed by atoms with Crippen LogP contribution in [0.5, 0.6) is 0 Å². The molecule has 0 saturated carbocycles. The van der Waals surface area contributed by atoms with Crippen LogP contribution in [-0.4, -0.2) is 41.0 Å². The molecule has 24 heavy (non-hydrogen) atoms. The van der Waals surface area contributed by atoms with Crippen LogP contribution in [0.1, 0.15) is 21.8 Å². The van der Waals surface area contributed by atoms with Gasteiger partial charge in [0.15, 0.2) is 0 Å². The summed E-state index contributed by atoms with van der Waals surface area (Å²) >= 11 is 1.67. The molecule has 130 valence electrons. The van der Waals surface area contributed by atoms with Gasteiger partial charge in [-0.05, 0) is 24.6 Å². The molecule has 1 aliphatic heterocycles. The number of aromatic nitrogens is 1. The molecule has 1 aromatic carbocycles. The summed E-state index contributed by atoms with van der Waals surface area (Å²) in [5.74, 6) is 0. The van der Waals surface area contributed by atoms with E-state index in [9.17, 15) is 13.2 Å². The summed E-state index contributed by atoms with van der Waals surface area (Å²) in [5.41, 5.74) is 1.45. The molecule has 0 unspecified atom stereocenters. The lowest BCUT2D eigenvalue weighted by atomic mass is 10.1. The van der Waals surface area contributed by atoms with Crippen LogP contribution in [0.15, 0.2) is 29.6 Å². The Labute approximate surface area is 143 Å². The topological polar surface area (TPSA) is 19.4 Å². The molecular formula is C17H20F3N3S. The Kier molecular flexibility index (Phi) is 5.22. The first-order valence-corrected chi connectivity index (χ1v) is 8.80. The smallest absolute Gasteiger partial charge is 0.297 e. The molecule has 0 bridgehead atoms. The molecule has 1 aliphatic rings. The lowest BCUT2D eigenvalue weighted by Gasteiger charge is -2.34. The number of aryl methyl sites for hydroxylation is 1. The molecule has 2 heterocycles. The van der Waals surface area contributed by atoms with E-state index in [1.165, 1.54) is 0 Å². The van der Waals surface area contributed by atoms with Gasteiger partial charge in [0, 0.05) is 44.6 Å². The minimum absolute atomic E-state index is 0.588. The molecule has 1 saturated heterocycles. The van der Waals surface area contributed by atoms with Crippen molar-refractivity contribution in [3.63, 3.8) is 0 Å². The zero-order valence-corrected chi connectivity index (χ0v) is 14.3. The minimum atomic E-state index is -4.27. The van der Waals surface area contributed by atoms with Crippen LogP contribution in [0.2, 0.25) is 0 Å². The second-order valence-electron chi connectivity index (χ2n) is 6.10. The molecule has 0 spiro atoms. The zero-order chi connectivity index (χ0) is 17.2. The van der Waals surface area contributed by atoms with E-state index in [1.807, 2.05) is 6.92 Å². The first-order valence-electron chi connectivity index (χ1n) is 7.92. The average molecular weight is 355 g/mol. The quantitative estimate of drug-likeness (QED) is 0.832. The molecule has 2 aromatic rings. The first kappa shape index (κ1) is 17.4. The van der Waals surface area contributed by atoms with Gasteiger partial charge in [0.05, 0.1) is 16.3 Å². The third kappa shape index (κ3) is 4.55. The van der Waals surface area contributed by atoms with Crippen molar-refractivity contribution < 1.29 is 13.2 Å². The molecule has 3 rings (SSSR count). The summed E-state index contributed by atoms with van der Waals surface area (Å²) in [4.78, 5) is 9.15. The molecular weight excluding hydrogens is 335 g/mol. The molecule has 3 nitrogen and oxygen atoms in total. The van der Waals surface area contributed by atoms with E-state index in [1.54, 1.807) is 23.5 Å². The summed E-state index contributed by atoms with van der Waals surface area (Å²) in [6, 6.07) is 5.48. The largest absolute Gasteiger partial charge is 0.416 e. The highest BCUT2D eigenvalue weighted by Gasteiger charge is 2.30. The van der Waals surface area contributed by atoms with Gasteiger partial charge in [-0.1, -0.05) is 12.1 Å². The Morgan fingerprint density at radius 3 is 2.08 bits per heavy atom. The van der Waals surface area contributed by atoms with Crippen molar-refractivity contribution in [1.29, 1.82) is 0 Å². The van der Waals surface area contributed by atoms with Crippen molar-refractivity contribution in [3.05, 3.63) is 51.5 Å². The Morgan fingerprint density at radius 2 is 1.58 bits per heavy atom. The maximum absolute atomic E-state index is 12.6. The second-order valence-corrected chi connectivity index (χ2v) is 7.17. The summed E-state index contributed by atoms with van der Waals surface area (Å²) in [5, 5.41) is 3.19. The predicted molar refractivity (Wildman–Crippen MR) is 88.8 cm³/mol. The van der Waals surface area contributed by atoms with Gasteiger partial charge in [0.2, 0.25) is 0 Å². The molecule has 0 radical (unpaired) electrons. The van der Waals surface area contributed by atoms with Gasteiger partial charge in [-0.3, -0.25) is 9.80 Å². The van der Waals surface area contributed by atoms with Crippen LogP contribution >= 0.6 is 11.3 Å². The molecule has 0 atom stereocenters. The molecule has 0 aliphatic carbocycles. The fraction of sp³-hybridized carbons (Fsp3) is 0.471. The Hall–Kier alpha value is -1.44. The maximum Gasteiger partial charge on any atom is 0.416 e. The highest BCUT2D eigenvalue weighted by Crippen LogP contribution is 2.29.